The lowest BCUT2D eigenvalue weighted by atomic mass is 10.2. The summed E-state index contributed by atoms with van der Waals surface area (Å²) in [5.41, 5.74) is 2.77. The third kappa shape index (κ3) is 5.45. The molecule has 0 fully saturated rings. The number of carbonyl (C=O) groups is 2. The first kappa shape index (κ1) is 19.3. The summed E-state index contributed by atoms with van der Waals surface area (Å²) in [4.78, 5) is 23.1. The second-order valence-electron chi connectivity index (χ2n) is 5.26. The molecule has 2 N–H and O–H groups in total. The number of hydrogen-bond donors (Lipinski definition) is 2. The molecule has 0 aromatic heterocycles. The molecular weight excluding hydrogens is 314 g/mol. The Morgan fingerprint density at radius 2 is 1.67 bits per heavy atom. The average Bonchev–Trinajstić information content (AvgIpc) is 2.58. The molecule has 0 aliphatic heterocycles. The van der Waals surface area contributed by atoms with Crippen molar-refractivity contribution < 1.29 is 23.8 Å². The highest BCUT2D eigenvalue weighted by atomic mass is 16.5. The summed E-state index contributed by atoms with van der Waals surface area (Å²) in [6.07, 6.45) is 1.37. The van der Waals surface area contributed by atoms with E-state index in [1.165, 1.54) is 27.5 Å². The fourth-order valence-electron chi connectivity index (χ4n) is 1.77. The van der Waals surface area contributed by atoms with Crippen LogP contribution in [0, 0.1) is 5.92 Å². The summed E-state index contributed by atoms with van der Waals surface area (Å²) in [5, 5.41) is 6.26. The van der Waals surface area contributed by atoms with E-state index in [2.05, 4.69) is 15.8 Å². The van der Waals surface area contributed by atoms with Crippen LogP contribution < -0.4 is 25.0 Å². The Hall–Kier alpha value is -2.77. The molecule has 2 amide bonds. The molecule has 8 heteroatoms. The summed E-state index contributed by atoms with van der Waals surface area (Å²) in [5.74, 6) is 0.0578. The van der Waals surface area contributed by atoms with Crippen molar-refractivity contribution in [2.75, 3.05) is 27.9 Å². The maximum Gasteiger partial charge on any atom is 0.329 e. The van der Waals surface area contributed by atoms with Crippen LogP contribution in [-0.4, -0.2) is 45.9 Å². The summed E-state index contributed by atoms with van der Waals surface area (Å²) in [6, 6.07) is 3.33. The monoisotopic (exact) mass is 337 g/mol. The summed E-state index contributed by atoms with van der Waals surface area (Å²) < 4.78 is 15.7. The Labute approximate surface area is 141 Å². The Bertz CT molecular complexity index is 589. The summed E-state index contributed by atoms with van der Waals surface area (Å²) in [7, 11) is 4.50. The molecule has 0 saturated carbocycles. The van der Waals surface area contributed by atoms with Gasteiger partial charge in [-0.3, -0.25) is 9.59 Å². The Balaban J connectivity index is 2.77. The van der Waals surface area contributed by atoms with Crippen molar-refractivity contribution in [2.45, 2.75) is 13.8 Å². The lowest BCUT2D eigenvalue weighted by Crippen LogP contribution is -2.39. The van der Waals surface area contributed by atoms with Gasteiger partial charge in [-0.1, -0.05) is 13.8 Å². The fourth-order valence-corrected chi connectivity index (χ4v) is 1.77. The highest BCUT2D eigenvalue weighted by molar-refractivity contribution is 6.35. The normalized spacial score (nSPS) is 10.6. The predicted octanol–water partition coefficient (Wildman–Crippen LogP) is 0.935. The van der Waals surface area contributed by atoms with Crippen LogP contribution in [0.1, 0.15) is 19.4 Å². The minimum Gasteiger partial charge on any atom is -0.493 e. The molecule has 24 heavy (non-hydrogen) atoms. The quantitative estimate of drug-likeness (QED) is 0.438. The maximum atomic E-state index is 11.6. The molecule has 132 valence electrons. The second-order valence-corrected chi connectivity index (χ2v) is 5.26. The second kappa shape index (κ2) is 9.39. The molecule has 0 heterocycles. The Kier molecular flexibility index (Phi) is 7.54. The average molecular weight is 337 g/mol. The lowest BCUT2D eigenvalue weighted by Gasteiger charge is -2.12. The van der Waals surface area contributed by atoms with Crippen molar-refractivity contribution in [3.63, 3.8) is 0 Å². The maximum absolute atomic E-state index is 11.6. The van der Waals surface area contributed by atoms with Gasteiger partial charge < -0.3 is 19.5 Å². The number of methoxy groups -OCH3 is 3. The van der Waals surface area contributed by atoms with Gasteiger partial charge in [0.05, 0.1) is 27.5 Å². The van der Waals surface area contributed by atoms with Gasteiger partial charge in [0.15, 0.2) is 11.5 Å². The van der Waals surface area contributed by atoms with E-state index in [-0.39, 0.29) is 5.92 Å². The van der Waals surface area contributed by atoms with E-state index in [0.29, 0.717) is 29.4 Å². The van der Waals surface area contributed by atoms with Crippen molar-refractivity contribution in [1.82, 2.24) is 10.7 Å². The zero-order chi connectivity index (χ0) is 18.1. The van der Waals surface area contributed by atoms with Gasteiger partial charge in [0.25, 0.3) is 0 Å². The Morgan fingerprint density at radius 1 is 1.08 bits per heavy atom. The zero-order valence-electron chi connectivity index (χ0n) is 14.5. The van der Waals surface area contributed by atoms with Crippen LogP contribution in [0.15, 0.2) is 17.2 Å². The molecule has 1 rings (SSSR count). The molecule has 0 unspecified atom stereocenters. The number of carbonyl (C=O) groups excluding carboxylic acids is 2. The van der Waals surface area contributed by atoms with Crippen LogP contribution in [0.3, 0.4) is 0 Å². The third-order valence-electron chi connectivity index (χ3n) is 2.94. The molecular formula is C16H23N3O5. The minimum atomic E-state index is -0.834. The first-order valence-corrected chi connectivity index (χ1v) is 7.34. The summed E-state index contributed by atoms with van der Waals surface area (Å²) in [6.45, 7) is 4.28. The van der Waals surface area contributed by atoms with Crippen molar-refractivity contribution in [3.05, 3.63) is 17.7 Å². The number of amides is 2. The van der Waals surface area contributed by atoms with Crippen LogP contribution in [0.2, 0.25) is 0 Å². The van der Waals surface area contributed by atoms with E-state index in [4.69, 9.17) is 14.2 Å². The highest BCUT2D eigenvalue weighted by Gasteiger charge is 2.14. The van der Waals surface area contributed by atoms with Crippen LogP contribution >= 0.6 is 0 Å². The molecule has 0 spiro atoms. The van der Waals surface area contributed by atoms with Crippen molar-refractivity contribution >= 4 is 18.0 Å². The smallest absolute Gasteiger partial charge is 0.329 e. The van der Waals surface area contributed by atoms with Crippen LogP contribution in [0.4, 0.5) is 0 Å². The van der Waals surface area contributed by atoms with Gasteiger partial charge in [-0.15, -0.1) is 0 Å². The van der Waals surface area contributed by atoms with Gasteiger partial charge in [0.2, 0.25) is 5.75 Å². The topological polar surface area (TPSA) is 98.2 Å². The molecule has 8 nitrogen and oxygen atoms in total. The van der Waals surface area contributed by atoms with Crippen molar-refractivity contribution in [2.24, 2.45) is 11.0 Å². The van der Waals surface area contributed by atoms with E-state index >= 15 is 0 Å². The molecule has 0 aliphatic carbocycles. The zero-order valence-corrected chi connectivity index (χ0v) is 14.5. The minimum absolute atomic E-state index is 0.254. The van der Waals surface area contributed by atoms with E-state index in [1.807, 2.05) is 13.8 Å². The molecule has 0 atom stereocenters. The summed E-state index contributed by atoms with van der Waals surface area (Å²) >= 11 is 0. The molecule has 1 aromatic rings. The highest BCUT2D eigenvalue weighted by Crippen LogP contribution is 2.37. The number of nitrogens with one attached hydrogen (secondary N) is 2. The fraction of sp³-hybridized carbons (Fsp3) is 0.438. The van der Waals surface area contributed by atoms with Gasteiger partial charge in [0, 0.05) is 12.1 Å². The van der Waals surface area contributed by atoms with E-state index in [1.54, 1.807) is 12.1 Å². The third-order valence-corrected chi connectivity index (χ3v) is 2.94. The van der Waals surface area contributed by atoms with Gasteiger partial charge in [-0.25, -0.2) is 5.43 Å². The van der Waals surface area contributed by atoms with E-state index < -0.39 is 11.8 Å². The van der Waals surface area contributed by atoms with Crippen LogP contribution in [-0.2, 0) is 9.59 Å². The van der Waals surface area contributed by atoms with Crippen LogP contribution in [0.5, 0.6) is 17.2 Å². The number of rotatable bonds is 7. The SMILES string of the molecule is COc1cc(/C=N/NC(=O)C(=O)NCC(C)C)cc(OC)c1OC. The van der Waals surface area contributed by atoms with Gasteiger partial charge in [-0.05, 0) is 18.1 Å². The van der Waals surface area contributed by atoms with E-state index in [9.17, 15) is 9.59 Å². The molecule has 0 radical (unpaired) electrons. The van der Waals surface area contributed by atoms with E-state index in [0.717, 1.165) is 0 Å². The number of hydrazone groups is 1. The first-order chi connectivity index (χ1) is 11.4. The number of benzene rings is 1. The van der Waals surface area contributed by atoms with Crippen molar-refractivity contribution in [1.29, 1.82) is 0 Å². The molecule has 1 aromatic carbocycles. The lowest BCUT2D eigenvalue weighted by molar-refractivity contribution is -0.139. The standard InChI is InChI=1S/C16H23N3O5/c1-10(2)8-17-15(20)16(21)19-18-9-11-6-12(22-3)14(24-5)13(7-11)23-4/h6-7,9-10H,8H2,1-5H3,(H,17,20)(H,19,21)/b18-9+. The van der Waals surface area contributed by atoms with Crippen molar-refractivity contribution in [3.8, 4) is 17.2 Å². The molecule has 0 bridgehead atoms. The van der Waals surface area contributed by atoms with Crippen LogP contribution in [0.25, 0.3) is 0 Å². The largest absolute Gasteiger partial charge is 0.493 e. The molecule has 0 aliphatic rings. The number of ether oxygens (including phenoxy) is 3. The number of nitrogens with zero attached hydrogens (tertiary/aromatic N) is 1. The molecule has 0 saturated heterocycles. The Morgan fingerprint density at radius 3 is 2.12 bits per heavy atom. The first-order valence-electron chi connectivity index (χ1n) is 7.34. The van der Waals surface area contributed by atoms with Gasteiger partial charge in [0.1, 0.15) is 0 Å². The number of hydrogen-bond acceptors (Lipinski definition) is 6. The van der Waals surface area contributed by atoms with Gasteiger partial charge in [-0.2, -0.15) is 5.10 Å². The van der Waals surface area contributed by atoms with Gasteiger partial charge >= 0.3 is 11.8 Å². The predicted molar refractivity (Wildman–Crippen MR) is 89.7 cm³/mol.